The number of nitrogens with two attached hydrogens (primary N) is 3. The van der Waals surface area contributed by atoms with E-state index in [9.17, 15) is 18.0 Å². The number of alkyl halides is 3. The van der Waals surface area contributed by atoms with Crippen molar-refractivity contribution in [3.63, 3.8) is 0 Å². The average Bonchev–Trinajstić information content (AvgIpc) is 3.74. The third-order valence-electron chi connectivity index (χ3n) is 7.99. The lowest BCUT2D eigenvalue weighted by Crippen LogP contribution is -2.14. The molecule has 14 heteroatoms. The van der Waals surface area contributed by atoms with Gasteiger partial charge in [0.25, 0.3) is 5.91 Å². The fourth-order valence-corrected chi connectivity index (χ4v) is 6.93. The first-order valence-corrected chi connectivity index (χ1v) is 17.4. The zero-order chi connectivity index (χ0) is 37.0. The summed E-state index contributed by atoms with van der Waals surface area (Å²) in [6.07, 6.45) is 6.25. The number of nitrogens with zero attached hydrogens (tertiary/aromatic N) is 4. The van der Waals surface area contributed by atoms with Gasteiger partial charge < -0.3 is 22.5 Å². The molecule has 0 bridgehead atoms. The van der Waals surface area contributed by atoms with Crippen molar-refractivity contribution in [2.75, 3.05) is 22.5 Å². The Hall–Kier alpha value is -6.12. The number of halogens is 3. The quantitative estimate of drug-likeness (QED) is 0.123. The average molecular weight is 737 g/mol. The number of benzene rings is 3. The molecule has 0 aliphatic rings. The third-order valence-corrected chi connectivity index (χ3v) is 10.0. The molecule has 7 N–H and O–H groups in total. The Bertz CT molecular complexity index is 2490. The fourth-order valence-electron chi connectivity index (χ4n) is 5.15. The molecule has 0 fully saturated rings. The number of carbonyl (C=O) groups excluding carboxylic acids is 1. The van der Waals surface area contributed by atoms with Gasteiger partial charge in [0.05, 0.1) is 26.0 Å². The number of hydrogen-bond acceptors (Lipinski definition) is 10. The summed E-state index contributed by atoms with van der Waals surface area (Å²) in [7, 11) is 0. The van der Waals surface area contributed by atoms with Crippen LogP contribution in [0, 0.1) is 13.8 Å². The van der Waals surface area contributed by atoms with Gasteiger partial charge in [-0.15, -0.1) is 22.7 Å². The molecule has 0 saturated heterocycles. The van der Waals surface area contributed by atoms with Crippen molar-refractivity contribution < 1.29 is 18.0 Å². The van der Waals surface area contributed by atoms with Crippen molar-refractivity contribution in [3.05, 3.63) is 129 Å². The molecular formula is C38H31F3N8OS2. The molecule has 0 radical (unpaired) electrons. The van der Waals surface area contributed by atoms with Crippen LogP contribution in [0.2, 0.25) is 0 Å². The van der Waals surface area contributed by atoms with E-state index in [0.717, 1.165) is 66.1 Å². The van der Waals surface area contributed by atoms with Gasteiger partial charge in [-0.25, -0.2) is 19.9 Å². The number of aryl methyl sites for hydroxylation is 2. The first-order chi connectivity index (χ1) is 24.9. The fraction of sp³-hybridized carbons (Fsp3) is 0.0789. The van der Waals surface area contributed by atoms with Gasteiger partial charge >= 0.3 is 6.18 Å². The summed E-state index contributed by atoms with van der Waals surface area (Å²) in [6, 6.07) is 15.5. The molecule has 3 aromatic carbocycles. The first-order valence-electron chi connectivity index (χ1n) is 15.6. The van der Waals surface area contributed by atoms with Crippen LogP contribution in [0.15, 0.2) is 84.1 Å². The second kappa shape index (κ2) is 15.0. The van der Waals surface area contributed by atoms with E-state index in [-0.39, 0.29) is 5.56 Å². The zero-order valence-corrected chi connectivity index (χ0v) is 29.4. The van der Waals surface area contributed by atoms with Crippen LogP contribution in [-0.2, 0) is 6.18 Å². The number of aromatic nitrogens is 4. The van der Waals surface area contributed by atoms with E-state index < -0.39 is 17.6 Å². The number of nitrogens with one attached hydrogen (secondary N) is 1. The van der Waals surface area contributed by atoms with Crippen molar-refractivity contribution >= 4 is 96.3 Å². The van der Waals surface area contributed by atoms with Gasteiger partial charge in [-0.05, 0) is 78.6 Å². The number of rotatable bonds is 6. The molecule has 7 rings (SSSR count). The summed E-state index contributed by atoms with van der Waals surface area (Å²) in [5, 5.41) is 6.63. The summed E-state index contributed by atoms with van der Waals surface area (Å²) < 4.78 is 40.5. The van der Waals surface area contributed by atoms with Crippen LogP contribution in [0.3, 0.4) is 0 Å². The summed E-state index contributed by atoms with van der Waals surface area (Å²) in [4.78, 5) is 29.1. The van der Waals surface area contributed by atoms with E-state index in [2.05, 4.69) is 32.2 Å². The van der Waals surface area contributed by atoms with Crippen LogP contribution in [0.1, 0.15) is 49.3 Å². The minimum Gasteiger partial charge on any atom is -0.399 e. The summed E-state index contributed by atoms with van der Waals surface area (Å²) in [5.74, 6) is 0.334. The number of carbonyl (C=O) groups is 1. The van der Waals surface area contributed by atoms with Crippen molar-refractivity contribution in [1.29, 1.82) is 0 Å². The molecule has 0 aliphatic heterocycles. The van der Waals surface area contributed by atoms with E-state index in [1.807, 2.05) is 66.3 Å². The number of anilines is 4. The maximum absolute atomic E-state index is 12.9. The Kier molecular flexibility index (Phi) is 10.3. The molecule has 0 saturated carbocycles. The molecule has 0 spiro atoms. The van der Waals surface area contributed by atoms with Crippen LogP contribution in [-0.4, -0.2) is 25.8 Å². The van der Waals surface area contributed by atoms with Crippen molar-refractivity contribution in [3.8, 4) is 0 Å². The Morgan fingerprint density at radius 2 is 1.23 bits per heavy atom. The Labute approximate surface area is 304 Å². The largest absolute Gasteiger partial charge is 0.416 e. The molecule has 7 aromatic rings. The van der Waals surface area contributed by atoms with Crippen LogP contribution in [0.5, 0.6) is 0 Å². The highest BCUT2D eigenvalue weighted by molar-refractivity contribution is 7.18. The highest BCUT2D eigenvalue weighted by Gasteiger charge is 2.31. The molecule has 9 nitrogen and oxygen atoms in total. The predicted octanol–water partition coefficient (Wildman–Crippen LogP) is 9.36. The number of fused-ring (bicyclic) bond motifs is 2. The highest BCUT2D eigenvalue weighted by Crippen LogP contribution is 2.32. The molecule has 4 heterocycles. The van der Waals surface area contributed by atoms with Crippen molar-refractivity contribution in [2.45, 2.75) is 20.0 Å². The standard InChI is InChI=1S/C23H17F3N4OS.C15H14N4S/c1-13-5-8-18(30-22(31)15-3-2-4-17(9-15)23(24,25)26)10-14(13)6-7-16-11-32-20-19(16)28-12-29-21(20)27;1-9-2-5-12(16)6-10(9)3-4-11-7-20-14-13(11)18-8-19-15(14)17/h2-12H,1H3,(H,30,31)(H2,27,28,29);2-8H,16H2,1H3,(H2,17,18,19)/b7-6+;4-3+. The maximum Gasteiger partial charge on any atom is 0.416 e. The smallest absolute Gasteiger partial charge is 0.399 e. The summed E-state index contributed by atoms with van der Waals surface area (Å²) >= 11 is 3.01. The van der Waals surface area contributed by atoms with Gasteiger partial charge in [-0.2, -0.15) is 13.2 Å². The third kappa shape index (κ3) is 8.09. The van der Waals surface area contributed by atoms with Crippen LogP contribution < -0.4 is 22.5 Å². The molecule has 1 amide bonds. The van der Waals surface area contributed by atoms with E-state index in [4.69, 9.17) is 17.2 Å². The first kappa shape index (κ1) is 35.7. The Morgan fingerprint density at radius 3 is 1.81 bits per heavy atom. The van der Waals surface area contributed by atoms with Crippen LogP contribution in [0.4, 0.5) is 36.2 Å². The van der Waals surface area contributed by atoms with E-state index in [1.54, 1.807) is 23.5 Å². The molecular weight excluding hydrogens is 706 g/mol. The number of thiophene rings is 2. The van der Waals surface area contributed by atoms with Crippen molar-refractivity contribution in [2.24, 2.45) is 0 Å². The van der Waals surface area contributed by atoms with Crippen molar-refractivity contribution in [1.82, 2.24) is 19.9 Å². The van der Waals surface area contributed by atoms with E-state index in [0.29, 0.717) is 17.3 Å². The summed E-state index contributed by atoms with van der Waals surface area (Å²) in [5.41, 5.74) is 25.5. The number of amides is 1. The monoisotopic (exact) mass is 736 g/mol. The predicted molar refractivity (Wildman–Crippen MR) is 208 cm³/mol. The topological polar surface area (TPSA) is 159 Å². The van der Waals surface area contributed by atoms with E-state index in [1.165, 1.54) is 41.7 Å². The molecule has 0 unspecified atom stereocenters. The molecule has 262 valence electrons. The molecule has 0 atom stereocenters. The maximum atomic E-state index is 12.9. The van der Waals surface area contributed by atoms with Gasteiger partial charge in [0.15, 0.2) is 0 Å². The summed E-state index contributed by atoms with van der Waals surface area (Å²) in [6.45, 7) is 3.98. The van der Waals surface area contributed by atoms with Crippen LogP contribution in [0.25, 0.3) is 44.7 Å². The number of hydrogen-bond donors (Lipinski definition) is 4. The lowest BCUT2D eigenvalue weighted by Gasteiger charge is -2.10. The SMILES string of the molecule is Cc1ccc(N)cc1/C=C/c1csc2c(N)ncnc12.Cc1ccc(NC(=O)c2cccc(C(F)(F)F)c2)cc1/C=C/c1csc2c(N)ncnc12. The van der Waals surface area contributed by atoms with Gasteiger partial charge in [0, 0.05) is 38.8 Å². The zero-order valence-electron chi connectivity index (χ0n) is 27.8. The Morgan fingerprint density at radius 1 is 0.692 bits per heavy atom. The molecule has 52 heavy (non-hydrogen) atoms. The van der Waals surface area contributed by atoms with Gasteiger partial charge in [0.1, 0.15) is 24.3 Å². The van der Waals surface area contributed by atoms with Gasteiger partial charge in [0.2, 0.25) is 0 Å². The van der Waals surface area contributed by atoms with E-state index >= 15 is 0 Å². The minimum absolute atomic E-state index is 0.0699. The normalized spacial score (nSPS) is 11.7. The lowest BCUT2D eigenvalue weighted by atomic mass is 10.1. The second-order valence-electron chi connectivity index (χ2n) is 11.6. The minimum atomic E-state index is -4.51. The van der Waals surface area contributed by atoms with Crippen LogP contribution >= 0.6 is 22.7 Å². The highest BCUT2D eigenvalue weighted by atomic mass is 32.1. The number of nitrogen functional groups attached to an aromatic ring is 3. The lowest BCUT2D eigenvalue weighted by molar-refractivity contribution is -0.137. The van der Waals surface area contributed by atoms with Gasteiger partial charge in [-0.1, -0.05) is 42.5 Å². The molecule has 0 aliphatic carbocycles. The second-order valence-corrected chi connectivity index (χ2v) is 13.4. The molecule has 4 aromatic heterocycles. The van der Waals surface area contributed by atoms with Gasteiger partial charge in [-0.3, -0.25) is 4.79 Å². The Balaban J connectivity index is 0.000000198.